The summed E-state index contributed by atoms with van der Waals surface area (Å²) >= 11 is 0. The summed E-state index contributed by atoms with van der Waals surface area (Å²) in [6.45, 7) is 6.81. The number of rotatable bonds is 5. The number of aliphatic hydroxyl groups excluding tert-OH is 1. The molecular weight excluding hydrogens is 154 g/mol. The van der Waals surface area contributed by atoms with Gasteiger partial charge in [-0.1, -0.05) is 13.8 Å². The molecule has 0 amide bonds. The van der Waals surface area contributed by atoms with E-state index in [0.29, 0.717) is 13.1 Å². The number of nitrogens with zero attached hydrogens (tertiary/aromatic N) is 1. The van der Waals surface area contributed by atoms with Gasteiger partial charge in [0.15, 0.2) is 0 Å². The largest absolute Gasteiger partial charge is 0.392 e. The van der Waals surface area contributed by atoms with Crippen LogP contribution < -0.4 is 0 Å². The normalized spacial score (nSPS) is 14.8. The molecule has 0 saturated heterocycles. The van der Waals surface area contributed by atoms with Gasteiger partial charge in [-0.3, -0.25) is 0 Å². The number of aldehydes is 1. The molecular formula is C9H19NO2. The van der Waals surface area contributed by atoms with Crippen molar-refractivity contribution in [1.29, 1.82) is 0 Å². The Morgan fingerprint density at radius 3 is 2.42 bits per heavy atom. The summed E-state index contributed by atoms with van der Waals surface area (Å²) in [4.78, 5) is 12.5. The van der Waals surface area contributed by atoms with Crippen LogP contribution in [0.4, 0.5) is 0 Å². The van der Waals surface area contributed by atoms with E-state index in [0.717, 1.165) is 6.29 Å². The van der Waals surface area contributed by atoms with E-state index >= 15 is 0 Å². The van der Waals surface area contributed by atoms with Crippen molar-refractivity contribution in [3.8, 4) is 0 Å². The molecule has 0 aliphatic rings. The van der Waals surface area contributed by atoms with Gasteiger partial charge in [0, 0.05) is 18.5 Å². The fourth-order valence-corrected chi connectivity index (χ4v) is 1.25. The highest BCUT2D eigenvalue weighted by Gasteiger charge is 2.19. The maximum Gasteiger partial charge on any atom is 0.126 e. The van der Waals surface area contributed by atoms with Crippen LogP contribution in [0.5, 0.6) is 0 Å². The lowest BCUT2D eigenvalue weighted by atomic mass is 9.95. The topological polar surface area (TPSA) is 40.5 Å². The van der Waals surface area contributed by atoms with Gasteiger partial charge in [-0.25, -0.2) is 0 Å². The molecule has 0 saturated carbocycles. The Hall–Kier alpha value is -0.410. The van der Waals surface area contributed by atoms with Crippen LogP contribution in [0, 0.1) is 5.41 Å². The van der Waals surface area contributed by atoms with Crippen molar-refractivity contribution < 1.29 is 9.90 Å². The Kier molecular flexibility index (Phi) is 4.42. The number of hydrogen-bond donors (Lipinski definition) is 1. The second kappa shape index (κ2) is 4.58. The van der Waals surface area contributed by atoms with Crippen LogP contribution in [0.25, 0.3) is 0 Å². The van der Waals surface area contributed by atoms with Crippen molar-refractivity contribution >= 4 is 6.29 Å². The highest BCUT2D eigenvalue weighted by Crippen LogP contribution is 2.12. The molecule has 0 radical (unpaired) electrons. The van der Waals surface area contributed by atoms with Gasteiger partial charge in [-0.15, -0.1) is 0 Å². The molecule has 72 valence electrons. The Labute approximate surface area is 74.4 Å². The molecule has 0 aliphatic heterocycles. The summed E-state index contributed by atoms with van der Waals surface area (Å²) in [5.74, 6) is 0. The van der Waals surface area contributed by atoms with Crippen LogP contribution in [0.3, 0.4) is 0 Å². The lowest BCUT2D eigenvalue weighted by Gasteiger charge is -2.26. The van der Waals surface area contributed by atoms with Crippen molar-refractivity contribution in [3.05, 3.63) is 0 Å². The van der Waals surface area contributed by atoms with E-state index in [1.54, 1.807) is 6.92 Å². The van der Waals surface area contributed by atoms with E-state index < -0.39 is 0 Å². The van der Waals surface area contributed by atoms with E-state index in [1.807, 2.05) is 25.8 Å². The maximum atomic E-state index is 10.6. The molecule has 0 spiro atoms. The first kappa shape index (κ1) is 11.6. The monoisotopic (exact) mass is 173 g/mol. The number of carbonyl (C=O) groups is 1. The summed E-state index contributed by atoms with van der Waals surface area (Å²) < 4.78 is 0. The standard InChI is InChI=1S/C9H19NO2/c1-8(12)5-10(4)6-9(2,3)7-11/h7-8,12H,5-6H2,1-4H3. The third-order valence-corrected chi connectivity index (χ3v) is 1.57. The zero-order valence-corrected chi connectivity index (χ0v) is 8.37. The Morgan fingerprint density at radius 1 is 1.58 bits per heavy atom. The summed E-state index contributed by atoms with van der Waals surface area (Å²) in [6, 6.07) is 0. The zero-order chi connectivity index (χ0) is 9.78. The summed E-state index contributed by atoms with van der Waals surface area (Å²) in [5.41, 5.74) is -0.316. The van der Waals surface area contributed by atoms with Crippen LogP contribution in [-0.2, 0) is 4.79 Å². The van der Waals surface area contributed by atoms with Crippen molar-refractivity contribution in [2.24, 2.45) is 5.41 Å². The molecule has 0 rings (SSSR count). The molecule has 3 heteroatoms. The van der Waals surface area contributed by atoms with E-state index in [-0.39, 0.29) is 11.5 Å². The first-order valence-corrected chi connectivity index (χ1v) is 4.20. The highest BCUT2D eigenvalue weighted by molar-refractivity contribution is 5.58. The van der Waals surface area contributed by atoms with Gasteiger partial charge in [-0.2, -0.15) is 0 Å². The predicted octanol–water partition coefficient (Wildman–Crippen LogP) is 0.524. The molecule has 3 nitrogen and oxygen atoms in total. The third-order valence-electron chi connectivity index (χ3n) is 1.57. The van der Waals surface area contributed by atoms with E-state index in [9.17, 15) is 4.79 Å². The fraction of sp³-hybridized carbons (Fsp3) is 0.889. The van der Waals surface area contributed by atoms with Crippen LogP contribution in [0.15, 0.2) is 0 Å². The van der Waals surface area contributed by atoms with Gasteiger partial charge >= 0.3 is 0 Å². The van der Waals surface area contributed by atoms with Crippen molar-refractivity contribution in [2.45, 2.75) is 26.9 Å². The second-order valence-electron chi connectivity index (χ2n) is 4.15. The molecule has 0 fully saturated rings. The summed E-state index contributed by atoms with van der Waals surface area (Å²) in [6.07, 6.45) is 0.614. The average molecular weight is 173 g/mol. The number of likely N-dealkylation sites (N-methyl/N-ethyl adjacent to an activating group) is 1. The van der Waals surface area contributed by atoms with Gasteiger partial charge in [0.1, 0.15) is 6.29 Å². The molecule has 0 aromatic heterocycles. The lowest BCUT2D eigenvalue weighted by molar-refractivity contribution is -0.115. The van der Waals surface area contributed by atoms with Crippen molar-refractivity contribution in [1.82, 2.24) is 4.90 Å². The minimum atomic E-state index is -0.336. The Bertz CT molecular complexity index is 143. The fourth-order valence-electron chi connectivity index (χ4n) is 1.25. The molecule has 0 aromatic carbocycles. The maximum absolute atomic E-state index is 10.6. The molecule has 12 heavy (non-hydrogen) atoms. The van der Waals surface area contributed by atoms with Crippen LogP contribution >= 0.6 is 0 Å². The van der Waals surface area contributed by atoms with Gasteiger partial charge in [0.2, 0.25) is 0 Å². The van der Waals surface area contributed by atoms with E-state index in [2.05, 4.69) is 0 Å². The number of carbonyl (C=O) groups excluding carboxylic acids is 1. The quantitative estimate of drug-likeness (QED) is 0.616. The van der Waals surface area contributed by atoms with Gasteiger partial charge < -0.3 is 14.8 Å². The van der Waals surface area contributed by atoms with Crippen LogP contribution in [-0.4, -0.2) is 42.5 Å². The highest BCUT2D eigenvalue weighted by atomic mass is 16.3. The smallest absolute Gasteiger partial charge is 0.126 e. The summed E-state index contributed by atoms with van der Waals surface area (Å²) in [5, 5.41) is 9.06. The van der Waals surface area contributed by atoms with Gasteiger partial charge in [0.05, 0.1) is 6.10 Å². The minimum absolute atomic E-state index is 0.316. The lowest BCUT2D eigenvalue weighted by Crippen LogP contribution is -2.36. The molecule has 1 N–H and O–H groups in total. The van der Waals surface area contributed by atoms with Crippen molar-refractivity contribution in [2.75, 3.05) is 20.1 Å². The molecule has 0 heterocycles. The Balaban J connectivity index is 3.83. The van der Waals surface area contributed by atoms with Crippen molar-refractivity contribution in [3.63, 3.8) is 0 Å². The average Bonchev–Trinajstić information content (AvgIpc) is 1.84. The molecule has 1 atom stereocenters. The third kappa shape index (κ3) is 5.27. The minimum Gasteiger partial charge on any atom is -0.392 e. The van der Waals surface area contributed by atoms with Crippen LogP contribution in [0.2, 0.25) is 0 Å². The van der Waals surface area contributed by atoms with E-state index in [1.165, 1.54) is 0 Å². The first-order chi connectivity index (χ1) is 5.37. The Morgan fingerprint density at radius 2 is 2.08 bits per heavy atom. The number of hydrogen-bond acceptors (Lipinski definition) is 3. The van der Waals surface area contributed by atoms with Gasteiger partial charge in [-0.05, 0) is 14.0 Å². The second-order valence-corrected chi connectivity index (χ2v) is 4.15. The zero-order valence-electron chi connectivity index (χ0n) is 8.37. The molecule has 0 bridgehead atoms. The number of aliphatic hydroxyl groups is 1. The first-order valence-electron chi connectivity index (χ1n) is 4.20. The SMILES string of the molecule is CC(O)CN(C)CC(C)(C)C=O. The summed E-state index contributed by atoms with van der Waals surface area (Å²) in [7, 11) is 1.90. The molecule has 0 aromatic rings. The molecule has 1 unspecified atom stereocenters. The molecule has 0 aliphatic carbocycles. The van der Waals surface area contributed by atoms with E-state index in [4.69, 9.17) is 5.11 Å². The van der Waals surface area contributed by atoms with Gasteiger partial charge in [0.25, 0.3) is 0 Å². The predicted molar refractivity (Wildman–Crippen MR) is 49.0 cm³/mol. The van der Waals surface area contributed by atoms with Crippen LogP contribution in [0.1, 0.15) is 20.8 Å².